The first-order chi connectivity index (χ1) is 11.7. The quantitative estimate of drug-likeness (QED) is 0.594. The number of rotatable bonds is 6. The van der Waals surface area contributed by atoms with Gasteiger partial charge in [0.25, 0.3) is 0 Å². The smallest absolute Gasteiger partial charge is 0.314 e. The Bertz CT molecular complexity index is 572. The van der Waals surface area contributed by atoms with E-state index in [1.165, 1.54) is 0 Å². The average Bonchev–Trinajstić information content (AvgIpc) is 3.46. The van der Waals surface area contributed by atoms with Crippen LogP contribution in [0, 0.1) is 11.8 Å². The standard InChI is InChI=1S/C19H25NO4/c1-2-13-23-16-5-7-17(8-6-16)24-19(22)15-9-11-20(12-10-15)18(21)14-3-4-14/h5-8,14-15H,2-4,9-13H2,1H3. The highest BCUT2D eigenvalue weighted by Crippen LogP contribution is 2.32. The normalized spacial score (nSPS) is 18.3. The molecule has 24 heavy (non-hydrogen) atoms. The minimum atomic E-state index is -0.198. The Balaban J connectivity index is 1.46. The van der Waals surface area contributed by atoms with E-state index in [1.54, 1.807) is 12.1 Å². The summed E-state index contributed by atoms with van der Waals surface area (Å²) in [5.74, 6) is 1.52. The minimum absolute atomic E-state index is 0.121. The van der Waals surface area contributed by atoms with E-state index in [1.807, 2.05) is 17.0 Å². The second-order valence-corrected chi connectivity index (χ2v) is 6.61. The third-order valence-electron chi connectivity index (χ3n) is 4.58. The molecule has 5 nitrogen and oxygen atoms in total. The molecule has 2 aliphatic rings. The number of hydrogen-bond donors (Lipinski definition) is 0. The lowest BCUT2D eigenvalue weighted by atomic mass is 9.96. The molecule has 1 heterocycles. The lowest BCUT2D eigenvalue weighted by Gasteiger charge is -2.31. The van der Waals surface area contributed by atoms with E-state index in [0.29, 0.717) is 38.3 Å². The molecule has 0 radical (unpaired) electrons. The molecule has 1 aliphatic heterocycles. The first-order valence-electron chi connectivity index (χ1n) is 8.90. The fraction of sp³-hybridized carbons (Fsp3) is 0.579. The van der Waals surface area contributed by atoms with Gasteiger partial charge in [-0.3, -0.25) is 9.59 Å². The van der Waals surface area contributed by atoms with Crippen molar-refractivity contribution >= 4 is 11.9 Å². The molecule has 1 saturated carbocycles. The van der Waals surface area contributed by atoms with Gasteiger partial charge in [0.2, 0.25) is 5.91 Å². The van der Waals surface area contributed by atoms with Gasteiger partial charge in [0.1, 0.15) is 11.5 Å². The van der Waals surface area contributed by atoms with Gasteiger partial charge in [-0.25, -0.2) is 0 Å². The summed E-state index contributed by atoms with van der Waals surface area (Å²) in [5, 5.41) is 0. The Morgan fingerprint density at radius 2 is 1.62 bits per heavy atom. The van der Waals surface area contributed by atoms with Gasteiger partial charge < -0.3 is 14.4 Å². The number of carbonyl (C=O) groups excluding carboxylic acids is 2. The summed E-state index contributed by atoms with van der Waals surface area (Å²) in [5.41, 5.74) is 0. The summed E-state index contributed by atoms with van der Waals surface area (Å²) in [6, 6.07) is 7.15. The molecule has 3 rings (SSSR count). The largest absolute Gasteiger partial charge is 0.494 e. The molecule has 0 spiro atoms. The zero-order valence-electron chi connectivity index (χ0n) is 14.2. The SMILES string of the molecule is CCCOc1ccc(OC(=O)C2CCN(C(=O)C3CC3)CC2)cc1. The van der Waals surface area contributed by atoms with Gasteiger partial charge in [0.05, 0.1) is 12.5 Å². The van der Waals surface area contributed by atoms with Crippen LogP contribution in [0.2, 0.25) is 0 Å². The van der Waals surface area contributed by atoms with Gasteiger partial charge in [0.15, 0.2) is 0 Å². The molecule has 1 aliphatic carbocycles. The van der Waals surface area contributed by atoms with Gasteiger partial charge in [-0.05, 0) is 56.4 Å². The number of benzene rings is 1. The van der Waals surface area contributed by atoms with Crippen LogP contribution in [0.1, 0.15) is 39.0 Å². The predicted molar refractivity (Wildman–Crippen MR) is 89.9 cm³/mol. The monoisotopic (exact) mass is 331 g/mol. The average molecular weight is 331 g/mol. The zero-order chi connectivity index (χ0) is 16.9. The van der Waals surface area contributed by atoms with E-state index in [-0.39, 0.29) is 23.7 Å². The molecule has 0 aromatic heterocycles. The zero-order valence-corrected chi connectivity index (χ0v) is 14.2. The van der Waals surface area contributed by atoms with Crippen LogP contribution in [0.5, 0.6) is 11.5 Å². The molecule has 0 N–H and O–H groups in total. The van der Waals surface area contributed by atoms with Crippen molar-refractivity contribution in [1.82, 2.24) is 4.90 Å². The summed E-state index contributed by atoms with van der Waals surface area (Å²) in [6.45, 7) is 4.06. The summed E-state index contributed by atoms with van der Waals surface area (Å²) >= 11 is 0. The van der Waals surface area contributed by atoms with E-state index in [0.717, 1.165) is 25.0 Å². The van der Waals surface area contributed by atoms with Gasteiger partial charge in [-0.2, -0.15) is 0 Å². The van der Waals surface area contributed by atoms with Gasteiger partial charge in [-0.15, -0.1) is 0 Å². The van der Waals surface area contributed by atoms with Crippen LogP contribution in [-0.2, 0) is 9.59 Å². The molecule has 5 heteroatoms. The fourth-order valence-electron chi connectivity index (χ4n) is 2.95. The van der Waals surface area contributed by atoms with Crippen LogP contribution in [0.3, 0.4) is 0 Å². The van der Waals surface area contributed by atoms with Crippen molar-refractivity contribution in [2.45, 2.75) is 39.0 Å². The van der Waals surface area contributed by atoms with Crippen molar-refractivity contribution in [3.63, 3.8) is 0 Å². The number of hydrogen-bond acceptors (Lipinski definition) is 4. The Labute approximate surface area is 142 Å². The van der Waals surface area contributed by atoms with Crippen LogP contribution in [0.25, 0.3) is 0 Å². The molecule has 0 bridgehead atoms. The van der Waals surface area contributed by atoms with Crippen molar-refractivity contribution in [2.24, 2.45) is 11.8 Å². The number of esters is 1. The maximum atomic E-state index is 12.3. The Morgan fingerprint density at radius 3 is 2.21 bits per heavy atom. The highest BCUT2D eigenvalue weighted by Gasteiger charge is 2.36. The molecule has 130 valence electrons. The van der Waals surface area contributed by atoms with Gasteiger partial charge in [0, 0.05) is 19.0 Å². The third-order valence-corrected chi connectivity index (χ3v) is 4.58. The van der Waals surface area contributed by atoms with E-state index < -0.39 is 0 Å². The maximum absolute atomic E-state index is 12.3. The molecular weight excluding hydrogens is 306 g/mol. The second kappa shape index (κ2) is 7.69. The third kappa shape index (κ3) is 4.28. The second-order valence-electron chi connectivity index (χ2n) is 6.61. The molecule has 0 unspecified atom stereocenters. The summed E-state index contributed by atoms with van der Waals surface area (Å²) < 4.78 is 11.0. The van der Waals surface area contributed by atoms with Crippen molar-refractivity contribution in [2.75, 3.05) is 19.7 Å². The number of amides is 1. The molecular formula is C19H25NO4. The van der Waals surface area contributed by atoms with Crippen LogP contribution in [-0.4, -0.2) is 36.5 Å². The molecule has 1 amide bonds. The van der Waals surface area contributed by atoms with Crippen LogP contribution in [0.15, 0.2) is 24.3 Å². The summed E-state index contributed by atoms with van der Waals surface area (Å²) in [4.78, 5) is 26.2. The van der Waals surface area contributed by atoms with Crippen molar-refractivity contribution in [1.29, 1.82) is 0 Å². The summed E-state index contributed by atoms with van der Waals surface area (Å²) in [6.07, 6.45) is 4.39. The van der Waals surface area contributed by atoms with Gasteiger partial charge in [-0.1, -0.05) is 6.92 Å². The topological polar surface area (TPSA) is 55.8 Å². The molecule has 0 atom stereocenters. The highest BCUT2D eigenvalue weighted by atomic mass is 16.5. The molecule has 2 fully saturated rings. The number of piperidine rings is 1. The van der Waals surface area contributed by atoms with Crippen molar-refractivity contribution in [3.8, 4) is 11.5 Å². The number of nitrogens with zero attached hydrogens (tertiary/aromatic N) is 1. The maximum Gasteiger partial charge on any atom is 0.314 e. The van der Waals surface area contributed by atoms with Crippen LogP contribution < -0.4 is 9.47 Å². The Morgan fingerprint density at radius 1 is 1.00 bits per heavy atom. The first-order valence-corrected chi connectivity index (χ1v) is 8.90. The fourth-order valence-corrected chi connectivity index (χ4v) is 2.95. The Kier molecular flexibility index (Phi) is 5.38. The molecule has 1 aromatic carbocycles. The highest BCUT2D eigenvalue weighted by molar-refractivity contribution is 5.81. The lowest BCUT2D eigenvalue weighted by molar-refractivity contribution is -0.143. The van der Waals surface area contributed by atoms with E-state index in [2.05, 4.69) is 6.92 Å². The Hall–Kier alpha value is -2.04. The summed E-state index contributed by atoms with van der Waals surface area (Å²) in [7, 11) is 0. The minimum Gasteiger partial charge on any atom is -0.494 e. The van der Waals surface area contributed by atoms with E-state index >= 15 is 0 Å². The molecule has 1 saturated heterocycles. The lowest BCUT2D eigenvalue weighted by Crippen LogP contribution is -2.41. The predicted octanol–water partition coefficient (Wildman–Crippen LogP) is 3.03. The number of likely N-dealkylation sites (tertiary alicyclic amines) is 1. The first kappa shape index (κ1) is 16.8. The van der Waals surface area contributed by atoms with Crippen LogP contribution in [0.4, 0.5) is 0 Å². The van der Waals surface area contributed by atoms with Crippen molar-refractivity contribution < 1.29 is 19.1 Å². The van der Waals surface area contributed by atoms with E-state index in [4.69, 9.17) is 9.47 Å². The van der Waals surface area contributed by atoms with E-state index in [9.17, 15) is 9.59 Å². The van der Waals surface area contributed by atoms with Crippen molar-refractivity contribution in [3.05, 3.63) is 24.3 Å². The van der Waals surface area contributed by atoms with Crippen LogP contribution >= 0.6 is 0 Å². The number of ether oxygens (including phenoxy) is 2. The molecule has 1 aromatic rings. The van der Waals surface area contributed by atoms with Gasteiger partial charge >= 0.3 is 5.97 Å². The number of carbonyl (C=O) groups is 2.